The first-order valence-electron chi connectivity index (χ1n) is 7.71. The average Bonchev–Trinajstić information content (AvgIpc) is 3.07. The highest BCUT2D eigenvalue weighted by Gasteiger charge is 2.12. The minimum Gasteiger partial charge on any atom is -0.355 e. The average molecular weight is 316 g/mol. The summed E-state index contributed by atoms with van der Waals surface area (Å²) in [5, 5.41) is 21.5. The normalized spacial score (nSPS) is 12.2. The fourth-order valence-electron chi connectivity index (χ4n) is 2.67. The van der Waals surface area contributed by atoms with Crippen LogP contribution in [0.5, 0.6) is 0 Å². The van der Waals surface area contributed by atoms with E-state index in [1.807, 2.05) is 66.7 Å². The molecule has 118 valence electrons. The molecule has 1 atom stereocenters. The van der Waals surface area contributed by atoms with Crippen molar-refractivity contribution in [3.8, 4) is 11.1 Å². The number of benzene rings is 3. The minimum absolute atomic E-state index is 0.748. The van der Waals surface area contributed by atoms with Crippen molar-refractivity contribution in [1.82, 2.24) is 15.0 Å². The molecule has 0 spiro atoms. The third-order valence-electron chi connectivity index (χ3n) is 3.90. The molecule has 5 heteroatoms. The summed E-state index contributed by atoms with van der Waals surface area (Å²) in [6.07, 6.45) is -0.986. The molecule has 0 radical (unpaired) electrons. The van der Waals surface area contributed by atoms with Crippen molar-refractivity contribution >= 4 is 16.7 Å². The highest BCUT2D eigenvalue weighted by Crippen LogP contribution is 2.22. The molecule has 0 amide bonds. The van der Waals surface area contributed by atoms with E-state index in [4.69, 9.17) is 0 Å². The summed E-state index contributed by atoms with van der Waals surface area (Å²) in [6.45, 7) is 0. The van der Waals surface area contributed by atoms with E-state index in [9.17, 15) is 5.11 Å². The number of nitrogens with zero attached hydrogens (tertiary/aromatic N) is 3. The predicted molar refractivity (Wildman–Crippen MR) is 94.3 cm³/mol. The number of hydrogen-bond donors (Lipinski definition) is 2. The third kappa shape index (κ3) is 2.73. The zero-order chi connectivity index (χ0) is 16.4. The molecule has 0 saturated carbocycles. The van der Waals surface area contributed by atoms with Crippen LogP contribution in [0.25, 0.3) is 22.2 Å². The van der Waals surface area contributed by atoms with E-state index < -0.39 is 6.35 Å². The smallest absolute Gasteiger partial charge is 0.226 e. The van der Waals surface area contributed by atoms with Gasteiger partial charge in [0.15, 0.2) is 0 Å². The van der Waals surface area contributed by atoms with Crippen LogP contribution in [0.3, 0.4) is 0 Å². The monoisotopic (exact) mass is 316 g/mol. The number of nitrogens with one attached hydrogen (secondary N) is 1. The number of fused-ring (bicyclic) bond motifs is 1. The van der Waals surface area contributed by atoms with Crippen LogP contribution in [0.1, 0.15) is 6.35 Å². The Balaban J connectivity index is 1.55. The summed E-state index contributed by atoms with van der Waals surface area (Å²) in [5.41, 5.74) is 4.62. The molecule has 2 N–H and O–H groups in total. The number of hydrogen-bond acceptors (Lipinski definition) is 4. The Morgan fingerprint density at radius 1 is 0.792 bits per heavy atom. The van der Waals surface area contributed by atoms with Gasteiger partial charge in [0.05, 0.1) is 5.52 Å². The summed E-state index contributed by atoms with van der Waals surface area (Å²) in [6, 6.07) is 25.6. The molecule has 4 aromatic rings. The quantitative estimate of drug-likeness (QED) is 0.564. The van der Waals surface area contributed by atoms with Crippen LogP contribution in [0, 0.1) is 0 Å². The Kier molecular flexibility index (Phi) is 3.69. The van der Waals surface area contributed by atoms with Gasteiger partial charge in [-0.05, 0) is 35.4 Å². The van der Waals surface area contributed by atoms with Gasteiger partial charge in [-0.15, -0.1) is 5.10 Å². The largest absolute Gasteiger partial charge is 0.355 e. The second kappa shape index (κ2) is 6.14. The van der Waals surface area contributed by atoms with Gasteiger partial charge < -0.3 is 10.4 Å². The molecule has 0 fully saturated rings. The molecule has 0 aliphatic carbocycles. The van der Waals surface area contributed by atoms with Crippen LogP contribution in [0.15, 0.2) is 78.9 Å². The Hall–Kier alpha value is -3.18. The number of anilines is 1. The lowest BCUT2D eigenvalue weighted by Crippen LogP contribution is -2.18. The molecule has 5 nitrogen and oxygen atoms in total. The Morgan fingerprint density at radius 2 is 1.46 bits per heavy atom. The van der Waals surface area contributed by atoms with Crippen molar-refractivity contribution in [2.24, 2.45) is 0 Å². The SMILES string of the molecule is OC(Nc1ccc(-c2ccccc2)cc1)n1nnc2ccccc21. The maximum Gasteiger partial charge on any atom is 0.226 e. The fourth-order valence-corrected chi connectivity index (χ4v) is 2.67. The molecule has 0 aliphatic heterocycles. The fraction of sp³-hybridized carbons (Fsp3) is 0.0526. The number of para-hydroxylation sites is 1. The molecule has 1 heterocycles. The first kappa shape index (κ1) is 14.4. The molecular formula is C19H16N4O. The molecule has 1 aromatic heterocycles. The predicted octanol–water partition coefficient (Wildman–Crippen LogP) is 3.66. The summed E-state index contributed by atoms with van der Waals surface area (Å²) >= 11 is 0. The second-order valence-corrected chi connectivity index (χ2v) is 5.48. The second-order valence-electron chi connectivity index (χ2n) is 5.48. The third-order valence-corrected chi connectivity index (χ3v) is 3.90. The van der Waals surface area contributed by atoms with Crippen LogP contribution in [-0.4, -0.2) is 20.1 Å². The molecule has 3 aromatic carbocycles. The lowest BCUT2D eigenvalue weighted by molar-refractivity contribution is 0.122. The molecular weight excluding hydrogens is 300 g/mol. The van der Waals surface area contributed by atoms with Crippen LogP contribution in [-0.2, 0) is 0 Å². The van der Waals surface area contributed by atoms with Crippen molar-refractivity contribution < 1.29 is 5.11 Å². The maximum atomic E-state index is 10.4. The maximum absolute atomic E-state index is 10.4. The lowest BCUT2D eigenvalue weighted by Gasteiger charge is -2.15. The van der Waals surface area contributed by atoms with E-state index in [0.717, 1.165) is 27.8 Å². The van der Waals surface area contributed by atoms with Gasteiger partial charge in [-0.3, -0.25) is 0 Å². The minimum atomic E-state index is -0.986. The van der Waals surface area contributed by atoms with E-state index in [1.54, 1.807) is 0 Å². The van der Waals surface area contributed by atoms with Crippen molar-refractivity contribution in [3.05, 3.63) is 78.9 Å². The van der Waals surface area contributed by atoms with E-state index in [1.165, 1.54) is 4.68 Å². The van der Waals surface area contributed by atoms with Gasteiger partial charge in [-0.1, -0.05) is 59.8 Å². The standard InChI is InChI=1S/C19H16N4O/c24-19(23-18-9-5-4-8-17(18)21-22-23)20-16-12-10-15(11-13-16)14-6-2-1-3-7-14/h1-13,19-20,24H. The number of aliphatic hydroxyl groups is 1. The molecule has 0 bridgehead atoms. The van der Waals surface area contributed by atoms with Crippen molar-refractivity contribution in [2.75, 3.05) is 5.32 Å². The van der Waals surface area contributed by atoms with Crippen LogP contribution < -0.4 is 5.32 Å². The molecule has 4 rings (SSSR count). The van der Waals surface area contributed by atoms with Gasteiger partial charge in [-0.2, -0.15) is 4.68 Å². The van der Waals surface area contributed by atoms with Crippen molar-refractivity contribution in [2.45, 2.75) is 6.35 Å². The van der Waals surface area contributed by atoms with Gasteiger partial charge in [0.1, 0.15) is 5.52 Å². The first-order valence-corrected chi connectivity index (χ1v) is 7.71. The summed E-state index contributed by atoms with van der Waals surface area (Å²) in [7, 11) is 0. The van der Waals surface area contributed by atoms with Gasteiger partial charge in [0, 0.05) is 5.69 Å². The van der Waals surface area contributed by atoms with Gasteiger partial charge in [0.2, 0.25) is 6.35 Å². The number of aliphatic hydroxyl groups excluding tert-OH is 1. The van der Waals surface area contributed by atoms with Gasteiger partial charge in [0.25, 0.3) is 0 Å². The van der Waals surface area contributed by atoms with Crippen molar-refractivity contribution in [1.29, 1.82) is 0 Å². The molecule has 0 aliphatic rings. The van der Waals surface area contributed by atoms with Crippen LogP contribution >= 0.6 is 0 Å². The molecule has 0 saturated heterocycles. The highest BCUT2D eigenvalue weighted by atomic mass is 16.3. The highest BCUT2D eigenvalue weighted by molar-refractivity contribution is 5.74. The zero-order valence-corrected chi connectivity index (χ0v) is 12.9. The number of aromatic nitrogens is 3. The van der Waals surface area contributed by atoms with Crippen molar-refractivity contribution in [3.63, 3.8) is 0 Å². The summed E-state index contributed by atoms with van der Waals surface area (Å²) in [4.78, 5) is 0. The van der Waals surface area contributed by atoms with E-state index >= 15 is 0 Å². The zero-order valence-electron chi connectivity index (χ0n) is 12.9. The molecule has 24 heavy (non-hydrogen) atoms. The lowest BCUT2D eigenvalue weighted by atomic mass is 10.1. The van der Waals surface area contributed by atoms with Gasteiger partial charge >= 0.3 is 0 Å². The van der Waals surface area contributed by atoms with E-state index in [2.05, 4.69) is 27.8 Å². The Labute approximate surface area is 139 Å². The summed E-state index contributed by atoms with van der Waals surface area (Å²) < 4.78 is 1.46. The first-order chi connectivity index (χ1) is 11.8. The topological polar surface area (TPSA) is 63.0 Å². The Morgan fingerprint density at radius 3 is 2.25 bits per heavy atom. The van der Waals surface area contributed by atoms with Crippen LogP contribution in [0.4, 0.5) is 5.69 Å². The van der Waals surface area contributed by atoms with Crippen LogP contribution in [0.2, 0.25) is 0 Å². The van der Waals surface area contributed by atoms with E-state index in [0.29, 0.717) is 0 Å². The number of rotatable bonds is 4. The summed E-state index contributed by atoms with van der Waals surface area (Å²) in [5.74, 6) is 0. The Bertz CT molecular complexity index is 948. The van der Waals surface area contributed by atoms with E-state index in [-0.39, 0.29) is 0 Å². The molecule has 1 unspecified atom stereocenters. The van der Waals surface area contributed by atoms with Gasteiger partial charge in [-0.25, -0.2) is 0 Å².